The van der Waals surface area contributed by atoms with E-state index in [4.69, 9.17) is 0 Å². The highest BCUT2D eigenvalue weighted by atomic mass is 31.0. The first kappa shape index (κ1) is 9.60. The maximum Gasteiger partial charge on any atom is 0.275 e. The largest absolute Gasteiger partial charge is 0.355 e. The third-order valence-corrected chi connectivity index (χ3v) is 3.39. The van der Waals surface area contributed by atoms with Gasteiger partial charge in [0.15, 0.2) is 0 Å². The summed E-state index contributed by atoms with van der Waals surface area (Å²) >= 11 is 0. The van der Waals surface area contributed by atoms with Crippen molar-refractivity contribution in [2.24, 2.45) is 0 Å². The minimum Gasteiger partial charge on any atom is -0.355 e. The second kappa shape index (κ2) is 3.46. The van der Waals surface area contributed by atoms with Crippen molar-refractivity contribution in [1.29, 1.82) is 0 Å². The quantitative estimate of drug-likeness (QED) is 0.731. The molecule has 2 N–H and O–H groups in total. The van der Waals surface area contributed by atoms with Crippen LogP contribution in [0.2, 0.25) is 0 Å². The van der Waals surface area contributed by atoms with Crippen LogP contribution >= 0.6 is 9.39 Å². The van der Waals surface area contributed by atoms with Gasteiger partial charge in [0.25, 0.3) is 5.56 Å². The highest BCUT2D eigenvalue weighted by molar-refractivity contribution is 7.13. The summed E-state index contributed by atoms with van der Waals surface area (Å²) in [5.41, 5.74) is 2.23. The fourth-order valence-corrected chi connectivity index (χ4v) is 2.45. The van der Waals surface area contributed by atoms with Crippen LogP contribution in [0.5, 0.6) is 0 Å². The molecule has 6 heteroatoms. The number of H-pyrrole nitrogens is 2. The molecule has 1 unspecified atom stereocenters. The molecule has 0 fully saturated rings. The van der Waals surface area contributed by atoms with Crippen molar-refractivity contribution in [2.45, 2.75) is 12.5 Å². The Morgan fingerprint density at radius 1 is 1.50 bits per heavy atom. The lowest BCUT2D eigenvalue weighted by Gasteiger charge is -2.19. The summed E-state index contributed by atoms with van der Waals surface area (Å²) in [7, 11) is 2.66. The Morgan fingerprint density at radius 2 is 2.38 bits per heavy atom. The summed E-state index contributed by atoms with van der Waals surface area (Å²) in [6.07, 6.45) is 8.36. The molecule has 0 radical (unpaired) electrons. The smallest absolute Gasteiger partial charge is 0.275 e. The van der Waals surface area contributed by atoms with E-state index in [9.17, 15) is 4.79 Å². The Labute approximate surface area is 93.8 Å². The van der Waals surface area contributed by atoms with E-state index in [-0.39, 0.29) is 11.6 Å². The molecule has 0 bridgehead atoms. The molecule has 16 heavy (non-hydrogen) atoms. The molecule has 2 atom stereocenters. The van der Waals surface area contributed by atoms with Gasteiger partial charge in [-0.25, -0.2) is 4.98 Å². The number of hydrogen-bond acceptors (Lipinski definition) is 3. The van der Waals surface area contributed by atoms with Crippen LogP contribution < -0.4 is 5.56 Å². The van der Waals surface area contributed by atoms with Crippen LogP contribution in [-0.2, 0) is 0 Å². The van der Waals surface area contributed by atoms with Crippen molar-refractivity contribution >= 4 is 20.4 Å². The Hall–Kier alpha value is -1.61. The summed E-state index contributed by atoms with van der Waals surface area (Å²) in [5, 5.41) is 0. The van der Waals surface area contributed by atoms with Gasteiger partial charge in [0.2, 0.25) is 0 Å². The molecular weight excluding hydrogens is 223 g/mol. The number of nitrogens with one attached hydrogen (secondary N) is 2. The van der Waals surface area contributed by atoms with Crippen molar-refractivity contribution in [2.75, 3.05) is 0 Å². The van der Waals surface area contributed by atoms with Gasteiger partial charge in [-0.05, 0) is 22.0 Å². The highest BCUT2D eigenvalue weighted by Gasteiger charge is 2.22. The predicted octanol–water partition coefficient (Wildman–Crippen LogP) is 1.30. The van der Waals surface area contributed by atoms with Crippen LogP contribution in [0.3, 0.4) is 0 Å². The molecule has 2 aromatic rings. The number of fused-ring (bicyclic) bond motifs is 1. The van der Waals surface area contributed by atoms with Gasteiger partial charge < -0.3 is 14.6 Å². The number of aromatic amines is 2. The standard InChI is InChI=1S/C10H11N4OP/c15-10-9-8(12-5-13-10)6(4-11-9)7-2-1-3-14(7)16/h1,3-5,7,11H,2,16H2,(H,12,13,15)/t7-/m1/s1. The van der Waals surface area contributed by atoms with Gasteiger partial charge in [-0.2, -0.15) is 0 Å². The lowest BCUT2D eigenvalue weighted by molar-refractivity contribution is 0.498. The van der Waals surface area contributed by atoms with E-state index in [2.05, 4.69) is 30.4 Å². The fraction of sp³-hybridized carbons (Fsp3) is 0.200. The normalized spacial score (nSPS) is 19.8. The number of hydrogen-bond donors (Lipinski definition) is 2. The average Bonchev–Trinajstić information content (AvgIpc) is 2.84. The van der Waals surface area contributed by atoms with Gasteiger partial charge >= 0.3 is 0 Å². The van der Waals surface area contributed by atoms with Crippen LogP contribution in [0.4, 0.5) is 0 Å². The van der Waals surface area contributed by atoms with Crippen molar-refractivity contribution in [3.05, 3.63) is 40.7 Å². The maximum atomic E-state index is 11.5. The molecule has 1 aliphatic heterocycles. The minimum absolute atomic E-state index is 0.127. The molecule has 0 amide bonds. The summed E-state index contributed by atoms with van der Waals surface area (Å²) < 4.78 is 2.05. The molecule has 0 saturated carbocycles. The highest BCUT2D eigenvalue weighted by Crippen LogP contribution is 2.35. The molecule has 0 saturated heterocycles. The van der Waals surface area contributed by atoms with Crippen LogP contribution in [0.25, 0.3) is 11.0 Å². The summed E-state index contributed by atoms with van der Waals surface area (Å²) in [6, 6.07) is 0.244. The second-order valence-corrected chi connectivity index (χ2v) is 4.38. The molecule has 82 valence electrons. The van der Waals surface area contributed by atoms with Gasteiger partial charge in [0, 0.05) is 11.8 Å². The molecule has 2 aromatic heterocycles. The van der Waals surface area contributed by atoms with Gasteiger partial charge in [-0.15, -0.1) is 0 Å². The van der Waals surface area contributed by atoms with E-state index in [0.29, 0.717) is 5.52 Å². The minimum atomic E-state index is -0.127. The third kappa shape index (κ3) is 1.28. The first-order valence-electron chi connectivity index (χ1n) is 5.02. The number of nitrogens with zero attached hydrogens (tertiary/aromatic N) is 2. The molecular formula is C10H11N4OP. The monoisotopic (exact) mass is 234 g/mol. The predicted molar refractivity (Wildman–Crippen MR) is 64.8 cm³/mol. The van der Waals surface area contributed by atoms with E-state index >= 15 is 0 Å². The molecule has 0 aromatic carbocycles. The summed E-state index contributed by atoms with van der Waals surface area (Å²) in [6.45, 7) is 0. The fourth-order valence-electron chi connectivity index (χ4n) is 2.05. The van der Waals surface area contributed by atoms with Gasteiger partial charge in [0.1, 0.15) is 11.0 Å². The summed E-state index contributed by atoms with van der Waals surface area (Å²) in [4.78, 5) is 21.3. The number of rotatable bonds is 1. The van der Waals surface area contributed by atoms with E-state index in [1.165, 1.54) is 6.33 Å². The van der Waals surface area contributed by atoms with Crippen LogP contribution in [-0.4, -0.2) is 19.6 Å². The van der Waals surface area contributed by atoms with E-state index in [1.807, 2.05) is 17.1 Å². The lowest BCUT2D eigenvalue weighted by Crippen LogP contribution is -2.09. The van der Waals surface area contributed by atoms with Crippen LogP contribution in [0, 0.1) is 0 Å². The molecule has 0 aliphatic carbocycles. The molecule has 0 spiro atoms. The number of aromatic nitrogens is 3. The first-order valence-corrected chi connectivity index (χ1v) is 5.53. The molecule has 3 rings (SSSR count). The Balaban J connectivity index is 2.18. The molecule has 1 aliphatic rings. The van der Waals surface area contributed by atoms with E-state index in [1.54, 1.807) is 0 Å². The zero-order valence-electron chi connectivity index (χ0n) is 8.47. The van der Waals surface area contributed by atoms with E-state index in [0.717, 1.165) is 17.5 Å². The van der Waals surface area contributed by atoms with E-state index < -0.39 is 0 Å². The Bertz CT molecular complexity index is 615. The second-order valence-electron chi connectivity index (χ2n) is 3.78. The van der Waals surface area contributed by atoms with Crippen molar-refractivity contribution in [1.82, 2.24) is 19.6 Å². The Morgan fingerprint density at radius 3 is 3.12 bits per heavy atom. The topological polar surface area (TPSA) is 64.8 Å². The van der Waals surface area contributed by atoms with Crippen molar-refractivity contribution in [3.8, 4) is 0 Å². The summed E-state index contributed by atoms with van der Waals surface area (Å²) in [5.74, 6) is 0. The van der Waals surface area contributed by atoms with Crippen molar-refractivity contribution in [3.63, 3.8) is 0 Å². The van der Waals surface area contributed by atoms with Crippen molar-refractivity contribution < 1.29 is 0 Å². The SMILES string of the molecule is O=c1[nH]cnc2c([C@H]3CC=CN3P)c[nH]c12. The lowest BCUT2D eigenvalue weighted by atomic mass is 10.1. The Kier molecular flexibility index (Phi) is 2.07. The first-order chi connectivity index (χ1) is 7.77. The molecule has 5 nitrogen and oxygen atoms in total. The zero-order valence-corrected chi connectivity index (χ0v) is 9.63. The third-order valence-electron chi connectivity index (χ3n) is 2.85. The van der Waals surface area contributed by atoms with Crippen LogP contribution in [0.15, 0.2) is 29.6 Å². The molecule has 3 heterocycles. The maximum absolute atomic E-state index is 11.5. The van der Waals surface area contributed by atoms with Crippen LogP contribution in [0.1, 0.15) is 18.0 Å². The van der Waals surface area contributed by atoms with Gasteiger partial charge in [0.05, 0.1) is 12.4 Å². The zero-order chi connectivity index (χ0) is 11.1. The van der Waals surface area contributed by atoms with Gasteiger partial charge in [-0.1, -0.05) is 6.08 Å². The average molecular weight is 234 g/mol. The van der Waals surface area contributed by atoms with Gasteiger partial charge in [-0.3, -0.25) is 4.79 Å².